The molecule has 0 radical (unpaired) electrons. The van der Waals surface area contributed by atoms with E-state index in [2.05, 4.69) is 0 Å². The van der Waals surface area contributed by atoms with Crippen molar-refractivity contribution in [3.05, 3.63) is 60.2 Å². The summed E-state index contributed by atoms with van der Waals surface area (Å²) in [5.41, 5.74) is 2.69. The van der Waals surface area contributed by atoms with Gasteiger partial charge < -0.3 is 9.80 Å². The van der Waals surface area contributed by atoms with Gasteiger partial charge in [0.1, 0.15) is 0 Å². The second kappa shape index (κ2) is 6.87. The summed E-state index contributed by atoms with van der Waals surface area (Å²) in [6, 6.07) is 17.6. The number of anilines is 2. The van der Waals surface area contributed by atoms with Gasteiger partial charge in [-0.25, -0.2) is 0 Å². The molecule has 0 aromatic heterocycles. The third-order valence-corrected chi connectivity index (χ3v) is 4.39. The fourth-order valence-corrected chi connectivity index (χ4v) is 3.11. The molecule has 1 aliphatic heterocycles. The van der Waals surface area contributed by atoms with Crippen molar-refractivity contribution in [1.29, 1.82) is 0 Å². The fraction of sp³-hybridized carbons (Fsp3) is 0.300. The van der Waals surface area contributed by atoms with Crippen molar-refractivity contribution in [3.63, 3.8) is 0 Å². The maximum absolute atomic E-state index is 13.0. The number of carbonyl (C=O) groups excluding carboxylic acids is 2. The van der Waals surface area contributed by atoms with Gasteiger partial charge in [0.15, 0.2) is 0 Å². The molecule has 2 amide bonds. The molecule has 4 heteroatoms. The quantitative estimate of drug-likeness (QED) is 0.866. The van der Waals surface area contributed by atoms with Crippen LogP contribution in [0.1, 0.15) is 25.8 Å². The summed E-state index contributed by atoms with van der Waals surface area (Å²) < 4.78 is 0. The number of carbonyl (C=O) groups is 2. The molecule has 3 rings (SSSR count). The topological polar surface area (TPSA) is 40.6 Å². The molecular weight excluding hydrogens is 300 g/mol. The monoisotopic (exact) mass is 322 g/mol. The molecule has 0 spiro atoms. The molecule has 2 aromatic rings. The van der Waals surface area contributed by atoms with E-state index in [-0.39, 0.29) is 17.7 Å². The zero-order valence-corrected chi connectivity index (χ0v) is 14.1. The summed E-state index contributed by atoms with van der Waals surface area (Å²) in [5, 5.41) is 0. The van der Waals surface area contributed by atoms with Crippen molar-refractivity contribution in [3.8, 4) is 0 Å². The van der Waals surface area contributed by atoms with Crippen molar-refractivity contribution < 1.29 is 9.59 Å². The van der Waals surface area contributed by atoms with Crippen LogP contribution in [0.5, 0.6) is 0 Å². The number of nitrogens with zero attached hydrogens (tertiary/aromatic N) is 2. The first-order valence-electron chi connectivity index (χ1n) is 8.36. The van der Waals surface area contributed by atoms with E-state index >= 15 is 0 Å². The summed E-state index contributed by atoms with van der Waals surface area (Å²) in [4.78, 5) is 28.9. The molecule has 124 valence electrons. The molecular formula is C20H22N2O2. The minimum absolute atomic E-state index is 0.0451. The van der Waals surface area contributed by atoms with Crippen molar-refractivity contribution in [2.24, 2.45) is 5.92 Å². The van der Waals surface area contributed by atoms with E-state index in [1.165, 1.54) is 0 Å². The van der Waals surface area contributed by atoms with Crippen molar-refractivity contribution >= 4 is 23.2 Å². The number of fused-ring (bicyclic) bond motifs is 1. The lowest BCUT2D eigenvalue weighted by atomic mass is 10.1. The summed E-state index contributed by atoms with van der Waals surface area (Å²) in [6.07, 6.45) is 0.425. The summed E-state index contributed by atoms with van der Waals surface area (Å²) >= 11 is 0. The Morgan fingerprint density at radius 2 is 1.67 bits per heavy atom. The van der Waals surface area contributed by atoms with Crippen LogP contribution < -0.4 is 9.80 Å². The van der Waals surface area contributed by atoms with Gasteiger partial charge in [-0.2, -0.15) is 0 Å². The zero-order valence-electron chi connectivity index (χ0n) is 14.1. The van der Waals surface area contributed by atoms with Gasteiger partial charge in [0.05, 0.1) is 23.8 Å². The average molecular weight is 322 g/mol. The number of para-hydroxylation sites is 2. The molecule has 24 heavy (non-hydrogen) atoms. The second-order valence-electron chi connectivity index (χ2n) is 6.16. The smallest absolute Gasteiger partial charge is 0.231 e. The highest BCUT2D eigenvalue weighted by atomic mass is 16.2. The Labute approximate surface area is 142 Å². The highest BCUT2D eigenvalue weighted by molar-refractivity contribution is 6.05. The molecule has 1 aliphatic rings. The van der Waals surface area contributed by atoms with Crippen LogP contribution >= 0.6 is 0 Å². The third-order valence-electron chi connectivity index (χ3n) is 4.39. The maximum atomic E-state index is 13.0. The number of benzene rings is 2. The van der Waals surface area contributed by atoms with E-state index in [1.54, 1.807) is 9.80 Å². The van der Waals surface area contributed by atoms with Crippen LogP contribution in [0.2, 0.25) is 0 Å². The van der Waals surface area contributed by atoms with Gasteiger partial charge >= 0.3 is 0 Å². The molecule has 0 unspecified atom stereocenters. The molecule has 1 atom stereocenters. The number of rotatable bonds is 3. The molecule has 0 bridgehead atoms. The zero-order chi connectivity index (χ0) is 17.1. The van der Waals surface area contributed by atoms with Crippen LogP contribution in [0, 0.1) is 5.92 Å². The van der Waals surface area contributed by atoms with Gasteiger partial charge in [-0.1, -0.05) is 56.3 Å². The van der Waals surface area contributed by atoms with E-state index in [0.29, 0.717) is 19.5 Å². The molecule has 0 aliphatic carbocycles. The van der Waals surface area contributed by atoms with Gasteiger partial charge in [-0.05, 0) is 17.7 Å². The summed E-state index contributed by atoms with van der Waals surface area (Å²) in [5.74, 6) is -0.141. The van der Waals surface area contributed by atoms with Gasteiger partial charge in [0.25, 0.3) is 0 Å². The van der Waals surface area contributed by atoms with E-state index in [4.69, 9.17) is 0 Å². The molecule has 0 fully saturated rings. The van der Waals surface area contributed by atoms with E-state index in [1.807, 2.05) is 68.4 Å². The van der Waals surface area contributed by atoms with Gasteiger partial charge in [0, 0.05) is 13.0 Å². The second-order valence-corrected chi connectivity index (χ2v) is 6.16. The molecule has 4 nitrogen and oxygen atoms in total. The molecule has 0 N–H and O–H groups in total. The lowest BCUT2D eigenvalue weighted by molar-refractivity contribution is -0.122. The Balaban J connectivity index is 2.06. The highest BCUT2D eigenvalue weighted by Crippen LogP contribution is 2.35. The van der Waals surface area contributed by atoms with Crippen LogP contribution in [0.15, 0.2) is 54.6 Å². The normalized spacial score (nSPS) is 17.4. The van der Waals surface area contributed by atoms with E-state index in [9.17, 15) is 9.59 Å². The minimum Gasteiger partial charge on any atom is -0.310 e. The number of amides is 2. The molecule has 2 aromatic carbocycles. The van der Waals surface area contributed by atoms with E-state index < -0.39 is 0 Å². The first-order chi connectivity index (χ1) is 11.6. The highest BCUT2D eigenvalue weighted by Gasteiger charge is 2.33. The summed E-state index contributed by atoms with van der Waals surface area (Å²) in [7, 11) is 0. The first-order valence-corrected chi connectivity index (χ1v) is 8.36. The largest absolute Gasteiger partial charge is 0.310 e. The number of hydrogen-bond acceptors (Lipinski definition) is 2. The minimum atomic E-state index is -0.239. The van der Waals surface area contributed by atoms with Crippen LogP contribution in [0.3, 0.4) is 0 Å². The lowest BCUT2D eigenvalue weighted by Gasteiger charge is -2.25. The molecule has 0 saturated heterocycles. The first kappa shape index (κ1) is 16.2. The number of hydrogen-bond donors (Lipinski definition) is 0. The molecule has 1 heterocycles. The van der Waals surface area contributed by atoms with Crippen LogP contribution in [-0.4, -0.2) is 18.4 Å². The van der Waals surface area contributed by atoms with Gasteiger partial charge in [0.2, 0.25) is 11.8 Å². The van der Waals surface area contributed by atoms with Crippen LogP contribution in [-0.2, 0) is 16.1 Å². The van der Waals surface area contributed by atoms with Crippen molar-refractivity contribution in [1.82, 2.24) is 0 Å². The predicted octanol–water partition coefficient (Wildman–Crippen LogP) is 3.61. The summed E-state index contributed by atoms with van der Waals surface area (Å²) in [6.45, 7) is 4.68. The van der Waals surface area contributed by atoms with E-state index in [0.717, 1.165) is 16.9 Å². The van der Waals surface area contributed by atoms with Crippen molar-refractivity contribution in [2.75, 3.05) is 16.3 Å². The Morgan fingerprint density at radius 1 is 1.04 bits per heavy atom. The Hall–Kier alpha value is -2.62. The molecule has 0 saturated carbocycles. The van der Waals surface area contributed by atoms with Gasteiger partial charge in [-0.3, -0.25) is 9.59 Å². The lowest BCUT2D eigenvalue weighted by Crippen LogP contribution is -2.37. The predicted molar refractivity (Wildman–Crippen MR) is 95.9 cm³/mol. The average Bonchev–Trinajstić information content (AvgIpc) is 2.73. The van der Waals surface area contributed by atoms with Crippen LogP contribution in [0.25, 0.3) is 0 Å². The third kappa shape index (κ3) is 3.04. The van der Waals surface area contributed by atoms with Gasteiger partial charge in [-0.15, -0.1) is 0 Å². The van der Waals surface area contributed by atoms with Crippen LogP contribution in [0.4, 0.5) is 11.4 Å². The van der Waals surface area contributed by atoms with Crippen molar-refractivity contribution in [2.45, 2.75) is 26.8 Å². The SMILES string of the molecule is CCC(=O)N1C[C@@H](C)C(=O)N(Cc2ccccc2)c2ccccc21. The Morgan fingerprint density at radius 3 is 2.33 bits per heavy atom. The fourth-order valence-electron chi connectivity index (χ4n) is 3.11. The Bertz CT molecular complexity index is 742. The standard InChI is InChI=1S/C20H22N2O2/c1-3-19(23)21-13-15(2)20(24)22(14-16-9-5-4-6-10-16)18-12-8-7-11-17(18)21/h4-12,15H,3,13-14H2,1-2H3/t15-/m1/s1. The Kier molecular flexibility index (Phi) is 4.65. The maximum Gasteiger partial charge on any atom is 0.231 e.